The van der Waals surface area contributed by atoms with Gasteiger partial charge < -0.3 is 15.3 Å². The number of piperidine rings is 1. The Balaban J connectivity index is 2.16. The normalized spacial score (nSPS) is 23.2. The molecule has 2 heterocycles. The maximum atomic E-state index is 11.8. The molecule has 1 aliphatic rings. The molecule has 1 aromatic heterocycles. The summed E-state index contributed by atoms with van der Waals surface area (Å²) in [6.45, 7) is 5.80. The Labute approximate surface area is 113 Å². The fourth-order valence-electron chi connectivity index (χ4n) is 2.43. The van der Waals surface area contributed by atoms with Crippen molar-refractivity contribution in [1.82, 2.24) is 10.3 Å². The van der Waals surface area contributed by atoms with E-state index in [-0.39, 0.29) is 5.91 Å². The van der Waals surface area contributed by atoms with Crippen LogP contribution in [0.4, 0.5) is 5.69 Å². The minimum Gasteiger partial charge on any atom is -0.388 e. The SMILES string of the molecule is CCNC(=O)c1cc(N2CCCC(C)(O)C2)ccn1. The molecule has 5 nitrogen and oxygen atoms in total. The largest absolute Gasteiger partial charge is 0.388 e. The number of aromatic nitrogens is 1. The van der Waals surface area contributed by atoms with E-state index in [2.05, 4.69) is 15.2 Å². The van der Waals surface area contributed by atoms with Gasteiger partial charge in [-0.15, -0.1) is 0 Å². The Bertz CT molecular complexity index is 460. The van der Waals surface area contributed by atoms with E-state index in [0.29, 0.717) is 18.8 Å². The Hall–Kier alpha value is -1.62. The highest BCUT2D eigenvalue weighted by molar-refractivity contribution is 5.93. The van der Waals surface area contributed by atoms with Crippen LogP contribution in [0.1, 0.15) is 37.2 Å². The van der Waals surface area contributed by atoms with E-state index in [9.17, 15) is 9.90 Å². The fraction of sp³-hybridized carbons (Fsp3) is 0.571. The molecule has 0 saturated carbocycles. The van der Waals surface area contributed by atoms with Crippen molar-refractivity contribution in [2.24, 2.45) is 0 Å². The van der Waals surface area contributed by atoms with E-state index in [1.54, 1.807) is 12.3 Å². The van der Waals surface area contributed by atoms with Gasteiger partial charge in [0, 0.05) is 31.5 Å². The summed E-state index contributed by atoms with van der Waals surface area (Å²) < 4.78 is 0. The van der Waals surface area contributed by atoms with Crippen molar-refractivity contribution in [3.05, 3.63) is 24.0 Å². The first-order chi connectivity index (χ1) is 9.02. The van der Waals surface area contributed by atoms with Gasteiger partial charge in [0.15, 0.2) is 0 Å². The summed E-state index contributed by atoms with van der Waals surface area (Å²) in [7, 11) is 0. The van der Waals surface area contributed by atoms with Gasteiger partial charge in [0.25, 0.3) is 5.91 Å². The summed E-state index contributed by atoms with van der Waals surface area (Å²) in [6.07, 6.45) is 3.41. The summed E-state index contributed by atoms with van der Waals surface area (Å²) >= 11 is 0. The van der Waals surface area contributed by atoms with Crippen LogP contribution in [-0.2, 0) is 0 Å². The van der Waals surface area contributed by atoms with Gasteiger partial charge in [0.05, 0.1) is 5.60 Å². The lowest BCUT2D eigenvalue weighted by Crippen LogP contribution is -2.46. The Morgan fingerprint density at radius 3 is 3.11 bits per heavy atom. The van der Waals surface area contributed by atoms with Crippen LogP contribution in [0, 0.1) is 0 Å². The molecule has 1 aliphatic heterocycles. The van der Waals surface area contributed by atoms with E-state index in [1.165, 1.54) is 0 Å². The second-order valence-corrected chi connectivity index (χ2v) is 5.28. The lowest BCUT2D eigenvalue weighted by Gasteiger charge is -2.38. The first-order valence-electron chi connectivity index (χ1n) is 6.73. The summed E-state index contributed by atoms with van der Waals surface area (Å²) in [5.41, 5.74) is 0.702. The Kier molecular flexibility index (Phi) is 4.04. The van der Waals surface area contributed by atoms with Gasteiger partial charge in [-0.2, -0.15) is 0 Å². The van der Waals surface area contributed by atoms with E-state index >= 15 is 0 Å². The number of hydrogen-bond donors (Lipinski definition) is 2. The number of carbonyl (C=O) groups excluding carboxylic acids is 1. The molecule has 1 amide bonds. The third-order valence-corrected chi connectivity index (χ3v) is 3.35. The molecule has 104 valence electrons. The summed E-state index contributed by atoms with van der Waals surface area (Å²) in [5, 5.41) is 12.9. The number of amides is 1. The molecule has 0 bridgehead atoms. The molecule has 1 atom stereocenters. The molecular formula is C14H21N3O2. The molecule has 0 radical (unpaired) electrons. The molecule has 2 rings (SSSR count). The van der Waals surface area contributed by atoms with Gasteiger partial charge in [-0.25, -0.2) is 0 Å². The molecule has 19 heavy (non-hydrogen) atoms. The van der Waals surface area contributed by atoms with Crippen molar-refractivity contribution in [2.45, 2.75) is 32.3 Å². The molecule has 2 N–H and O–H groups in total. The maximum Gasteiger partial charge on any atom is 0.269 e. The van der Waals surface area contributed by atoms with E-state index in [0.717, 1.165) is 25.1 Å². The number of carbonyl (C=O) groups is 1. The van der Waals surface area contributed by atoms with Crippen molar-refractivity contribution in [2.75, 3.05) is 24.5 Å². The lowest BCUT2D eigenvalue weighted by molar-refractivity contribution is 0.0449. The number of nitrogens with one attached hydrogen (secondary N) is 1. The first kappa shape index (κ1) is 13.8. The number of hydrogen-bond acceptors (Lipinski definition) is 4. The van der Waals surface area contributed by atoms with Gasteiger partial charge in [0.2, 0.25) is 0 Å². The average molecular weight is 263 g/mol. The van der Waals surface area contributed by atoms with Gasteiger partial charge in [-0.1, -0.05) is 0 Å². The zero-order valence-corrected chi connectivity index (χ0v) is 11.5. The lowest BCUT2D eigenvalue weighted by atomic mass is 9.95. The van der Waals surface area contributed by atoms with E-state index in [4.69, 9.17) is 0 Å². The van der Waals surface area contributed by atoms with Crippen LogP contribution in [0.5, 0.6) is 0 Å². The van der Waals surface area contributed by atoms with Crippen LogP contribution in [0.25, 0.3) is 0 Å². The minimum atomic E-state index is -0.659. The van der Waals surface area contributed by atoms with E-state index in [1.807, 2.05) is 19.9 Å². The number of nitrogens with zero attached hydrogens (tertiary/aromatic N) is 2. The quantitative estimate of drug-likeness (QED) is 0.859. The second-order valence-electron chi connectivity index (χ2n) is 5.28. The van der Waals surface area contributed by atoms with Crippen molar-refractivity contribution >= 4 is 11.6 Å². The molecular weight excluding hydrogens is 242 g/mol. The van der Waals surface area contributed by atoms with Crippen molar-refractivity contribution in [3.63, 3.8) is 0 Å². The van der Waals surface area contributed by atoms with Gasteiger partial charge in [0.1, 0.15) is 5.69 Å². The third kappa shape index (κ3) is 3.44. The Morgan fingerprint density at radius 2 is 2.42 bits per heavy atom. The van der Waals surface area contributed by atoms with Crippen molar-refractivity contribution in [1.29, 1.82) is 0 Å². The number of pyridine rings is 1. The molecule has 0 spiro atoms. The number of β-amino-alcohol motifs (C(OH)–C–C–N with tert-alkyl or cyclic N) is 1. The molecule has 1 fully saturated rings. The zero-order valence-electron chi connectivity index (χ0n) is 11.5. The third-order valence-electron chi connectivity index (χ3n) is 3.35. The van der Waals surface area contributed by atoms with E-state index < -0.39 is 5.60 Å². The van der Waals surface area contributed by atoms with Crippen LogP contribution >= 0.6 is 0 Å². The predicted octanol–water partition coefficient (Wildman–Crippen LogP) is 1.18. The molecule has 1 unspecified atom stereocenters. The monoisotopic (exact) mass is 263 g/mol. The Morgan fingerprint density at radius 1 is 1.63 bits per heavy atom. The molecule has 0 aromatic carbocycles. The predicted molar refractivity (Wildman–Crippen MR) is 74.3 cm³/mol. The second kappa shape index (κ2) is 5.57. The van der Waals surface area contributed by atoms with Crippen molar-refractivity contribution in [3.8, 4) is 0 Å². The fourth-order valence-corrected chi connectivity index (χ4v) is 2.43. The molecule has 0 aliphatic carbocycles. The molecule has 1 aromatic rings. The van der Waals surface area contributed by atoms with Gasteiger partial charge in [-0.05, 0) is 38.8 Å². The van der Waals surface area contributed by atoms with Crippen LogP contribution in [0.3, 0.4) is 0 Å². The smallest absolute Gasteiger partial charge is 0.269 e. The van der Waals surface area contributed by atoms with Crippen LogP contribution < -0.4 is 10.2 Å². The topological polar surface area (TPSA) is 65.5 Å². The standard InChI is InChI=1S/C14H21N3O2/c1-3-15-13(18)12-9-11(5-7-16-12)17-8-4-6-14(2,19)10-17/h5,7,9,19H,3-4,6,8,10H2,1-2H3,(H,15,18). The highest BCUT2D eigenvalue weighted by Gasteiger charge is 2.28. The maximum absolute atomic E-state index is 11.8. The molecule has 1 saturated heterocycles. The number of rotatable bonds is 3. The number of anilines is 1. The van der Waals surface area contributed by atoms with Gasteiger partial charge in [-0.3, -0.25) is 9.78 Å². The zero-order chi connectivity index (χ0) is 13.9. The summed E-state index contributed by atoms with van der Waals surface area (Å²) in [4.78, 5) is 18.0. The average Bonchev–Trinajstić information content (AvgIpc) is 2.38. The minimum absolute atomic E-state index is 0.159. The molecule has 5 heteroatoms. The van der Waals surface area contributed by atoms with Crippen molar-refractivity contribution < 1.29 is 9.90 Å². The van der Waals surface area contributed by atoms with Crippen LogP contribution in [0.15, 0.2) is 18.3 Å². The van der Waals surface area contributed by atoms with Crippen LogP contribution in [-0.4, -0.2) is 41.2 Å². The number of aliphatic hydroxyl groups is 1. The van der Waals surface area contributed by atoms with Gasteiger partial charge >= 0.3 is 0 Å². The summed E-state index contributed by atoms with van der Waals surface area (Å²) in [5.74, 6) is -0.159. The summed E-state index contributed by atoms with van der Waals surface area (Å²) in [6, 6.07) is 3.66. The first-order valence-corrected chi connectivity index (χ1v) is 6.73. The highest BCUT2D eigenvalue weighted by Crippen LogP contribution is 2.25. The highest BCUT2D eigenvalue weighted by atomic mass is 16.3. The van der Waals surface area contributed by atoms with Crippen LogP contribution in [0.2, 0.25) is 0 Å².